The van der Waals surface area contributed by atoms with Crippen molar-refractivity contribution < 1.29 is 14.3 Å². The lowest BCUT2D eigenvalue weighted by Gasteiger charge is -2.27. The van der Waals surface area contributed by atoms with E-state index in [0.717, 1.165) is 9.13 Å². The Bertz CT molecular complexity index is 913. The summed E-state index contributed by atoms with van der Waals surface area (Å²) in [4.78, 5) is 27.0. The van der Waals surface area contributed by atoms with Crippen LogP contribution in [0.4, 0.5) is 5.69 Å². The molecule has 0 saturated carbocycles. The predicted octanol–water partition coefficient (Wildman–Crippen LogP) is 3.20. The minimum absolute atomic E-state index is 0.0892. The van der Waals surface area contributed by atoms with Gasteiger partial charge in [-0.1, -0.05) is 18.2 Å². The number of morpholine rings is 1. The summed E-state index contributed by atoms with van der Waals surface area (Å²) in [6, 6.07) is 12.6. The van der Waals surface area contributed by atoms with Crippen molar-refractivity contribution in [2.75, 3.05) is 31.6 Å². The molecule has 1 aliphatic rings. The van der Waals surface area contributed by atoms with Crippen LogP contribution in [-0.4, -0.2) is 48.1 Å². The van der Waals surface area contributed by atoms with E-state index in [-0.39, 0.29) is 16.9 Å². The molecular weight excluding hydrogens is 489 g/mol. The van der Waals surface area contributed by atoms with E-state index < -0.39 is 0 Å². The molecular formula is C20H20IN3O3S. The van der Waals surface area contributed by atoms with Crippen molar-refractivity contribution in [3.8, 4) is 0 Å². The number of ether oxygens (including phenoxy) is 1. The fraction of sp³-hybridized carbons (Fsp3) is 0.250. The normalized spacial score (nSPS) is 13.7. The van der Waals surface area contributed by atoms with Crippen molar-refractivity contribution in [3.63, 3.8) is 0 Å². The average Bonchev–Trinajstić information content (AvgIpc) is 2.70. The Morgan fingerprint density at radius 1 is 1.14 bits per heavy atom. The Hall–Kier alpha value is -2.04. The molecule has 1 aliphatic heterocycles. The molecule has 6 nitrogen and oxygen atoms in total. The van der Waals surface area contributed by atoms with E-state index in [1.54, 1.807) is 29.2 Å². The molecule has 28 heavy (non-hydrogen) atoms. The molecule has 2 amide bonds. The summed E-state index contributed by atoms with van der Waals surface area (Å²) in [7, 11) is 0. The maximum atomic E-state index is 12.8. The number of hydrogen-bond donors (Lipinski definition) is 2. The van der Waals surface area contributed by atoms with Crippen LogP contribution in [0.1, 0.15) is 26.3 Å². The summed E-state index contributed by atoms with van der Waals surface area (Å²) in [6.45, 7) is 4.16. The topological polar surface area (TPSA) is 70.7 Å². The molecule has 2 aromatic carbocycles. The Kier molecular flexibility index (Phi) is 6.97. The second kappa shape index (κ2) is 9.44. The number of rotatable bonds is 3. The van der Waals surface area contributed by atoms with E-state index >= 15 is 0 Å². The first-order chi connectivity index (χ1) is 13.5. The predicted molar refractivity (Wildman–Crippen MR) is 121 cm³/mol. The number of anilines is 1. The Morgan fingerprint density at radius 2 is 1.86 bits per heavy atom. The third-order valence-corrected chi connectivity index (χ3v) is 5.73. The molecule has 8 heteroatoms. The van der Waals surface area contributed by atoms with Gasteiger partial charge in [0.15, 0.2) is 5.11 Å². The Labute approximate surface area is 182 Å². The third kappa shape index (κ3) is 5.06. The van der Waals surface area contributed by atoms with Gasteiger partial charge in [-0.25, -0.2) is 0 Å². The molecule has 0 aromatic heterocycles. The lowest BCUT2D eigenvalue weighted by atomic mass is 10.1. The van der Waals surface area contributed by atoms with E-state index in [9.17, 15) is 9.59 Å². The summed E-state index contributed by atoms with van der Waals surface area (Å²) < 4.78 is 6.31. The highest BCUT2D eigenvalue weighted by Gasteiger charge is 2.21. The summed E-state index contributed by atoms with van der Waals surface area (Å²) in [5, 5.41) is 5.79. The minimum Gasteiger partial charge on any atom is -0.378 e. The lowest BCUT2D eigenvalue weighted by molar-refractivity contribution is 0.0303. The average molecular weight is 509 g/mol. The fourth-order valence-corrected chi connectivity index (χ4v) is 3.50. The highest BCUT2D eigenvalue weighted by atomic mass is 127. The van der Waals surface area contributed by atoms with Crippen LogP contribution >= 0.6 is 34.8 Å². The van der Waals surface area contributed by atoms with Crippen LogP contribution in [-0.2, 0) is 4.74 Å². The molecule has 2 aromatic rings. The van der Waals surface area contributed by atoms with E-state index in [4.69, 9.17) is 17.0 Å². The SMILES string of the molecule is Cc1ccc(C(=O)NC(=S)Nc2ccccc2C(=O)N2CCOCC2)cc1I. The van der Waals surface area contributed by atoms with Crippen LogP contribution in [0.2, 0.25) is 0 Å². The third-order valence-electron chi connectivity index (χ3n) is 4.37. The van der Waals surface area contributed by atoms with Gasteiger partial charge in [0, 0.05) is 22.2 Å². The van der Waals surface area contributed by atoms with Gasteiger partial charge in [-0.05, 0) is 71.6 Å². The van der Waals surface area contributed by atoms with Crippen LogP contribution in [0, 0.1) is 10.5 Å². The monoisotopic (exact) mass is 509 g/mol. The zero-order valence-electron chi connectivity index (χ0n) is 15.3. The number of halogens is 1. The van der Waals surface area contributed by atoms with E-state index in [2.05, 4.69) is 33.2 Å². The highest BCUT2D eigenvalue weighted by molar-refractivity contribution is 14.1. The molecule has 0 spiro atoms. The van der Waals surface area contributed by atoms with Gasteiger partial charge in [0.1, 0.15) is 0 Å². The van der Waals surface area contributed by atoms with Crippen molar-refractivity contribution in [3.05, 3.63) is 62.7 Å². The maximum absolute atomic E-state index is 12.8. The van der Waals surface area contributed by atoms with Crippen LogP contribution in [0.15, 0.2) is 42.5 Å². The number of nitrogens with one attached hydrogen (secondary N) is 2. The van der Waals surface area contributed by atoms with E-state index in [0.29, 0.717) is 43.1 Å². The van der Waals surface area contributed by atoms with Gasteiger partial charge in [-0.3, -0.25) is 14.9 Å². The molecule has 0 aliphatic carbocycles. The van der Waals surface area contributed by atoms with Crippen LogP contribution in [0.5, 0.6) is 0 Å². The molecule has 0 atom stereocenters. The number of benzene rings is 2. The standard InChI is InChI=1S/C20H20IN3O3S/c1-13-6-7-14(12-16(13)21)18(25)23-20(28)22-17-5-3-2-4-15(17)19(26)24-8-10-27-11-9-24/h2-7,12H,8-11H2,1H3,(H2,22,23,25,28). The van der Waals surface area contributed by atoms with Crippen molar-refractivity contribution in [1.82, 2.24) is 10.2 Å². The maximum Gasteiger partial charge on any atom is 0.257 e. The molecule has 1 heterocycles. The van der Waals surface area contributed by atoms with Crippen LogP contribution in [0.3, 0.4) is 0 Å². The molecule has 2 N–H and O–H groups in total. The first-order valence-corrected chi connectivity index (χ1v) is 10.3. The second-order valence-corrected chi connectivity index (χ2v) is 7.89. The van der Waals surface area contributed by atoms with Crippen molar-refractivity contribution in [2.24, 2.45) is 0 Å². The zero-order chi connectivity index (χ0) is 20.1. The number of carbonyl (C=O) groups is 2. The van der Waals surface area contributed by atoms with Gasteiger partial charge >= 0.3 is 0 Å². The van der Waals surface area contributed by atoms with Gasteiger partial charge in [-0.15, -0.1) is 0 Å². The van der Waals surface area contributed by atoms with Crippen molar-refractivity contribution >= 4 is 57.4 Å². The first-order valence-electron chi connectivity index (χ1n) is 8.80. The van der Waals surface area contributed by atoms with Gasteiger partial charge in [0.05, 0.1) is 24.5 Å². The number of amides is 2. The number of hydrogen-bond acceptors (Lipinski definition) is 4. The second-order valence-electron chi connectivity index (χ2n) is 6.32. The molecule has 3 rings (SSSR count). The fourth-order valence-electron chi connectivity index (χ4n) is 2.78. The molecule has 146 valence electrons. The van der Waals surface area contributed by atoms with Gasteiger partial charge in [0.2, 0.25) is 0 Å². The number of carbonyl (C=O) groups excluding carboxylic acids is 2. The largest absolute Gasteiger partial charge is 0.378 e. The van der Waals surface area contributed by atoms with Crippen LogP contribution < -0.4 is 10.6 Å². The number of para-hydroxylation sites is 1. The quantitative estimate of drug-likeness (QED) is 0.492. The van der Waals surface area contributed by atoms with Gasteiger partial charge in [-0.2, -0.15) is 0 Å². The molecule has 1 fully saturated rings. The van der Waals surface area contributed by atoms with Gasteiger partial charge < -0.3 is 15.0 Å². The molecule has 0 unspecified atom stereocenters. The zero-order valence-corrected chi connectivity index (χ0v) is 18.3. The number of aryl methyl sites for hydroxylation is 1. The lowest BCUT2D eigenvalue weighted by Crippen LogP contribution is -2.41. The Balaban J connectivity index is 1.69. The Morgan fingerprint density at radius 3 is 2.57 bits per heavy atom. The molecule has 0 bridgehead atoms. The van der Waals surface area contributed by atoms with Crippen molar-refractivity contribution in [2.45, 2.75) is 6.92 Å². The summed E-state index contributed by atoms with van der Waals surface area (Å²) >= 11 is 7.47. The highest BCUT2D eigenvalue weighted by Crippen LogP contribution is 2.18. The van der Waals surface area contributed by atoms with Crippen LogP contribution in [0.25, 0.3) is 0 Å². The number of thiocarbonyl (C=S) groups is 1. The smallest absolute Gasteiger partial charge is 0.257 e. The molecule has 1 saturated heterocycles. The first kappa shape index (κ1) is 20.7. The number of nitrogens with zero attached hydrogens (tertiary/aromatic N) is 1. The van der Waals surface area contributed by atoms with Crippen molar-refractivity contribution in [1.29, 1.82) is 0 Å². The summed E-state index contributed by atoms with van der Waals surface area (Å²) in [6.07, 6.45) is 0. The van der Waals surface area contributed by atoms with Gasteiger partial charge in [0.25, 0.3) is 11.8 Å². The van der Waals surface area contributed by atoms with E-state index in [1.165, 1.54) is 0 Å². The summed E-state index contributed by atoms with van der Waals surface area (Å²) in [5.74, 6) is -0.388. The van der Waals surface area contributed by atoms with E-state index in [1.807, 2.05) is 25.1 Å². The summed E-state index contributed by atoms with van der Waals surface area (Å²) in [5.41, 5.74) is 2.69. The minimum atomic E-state index is -0.299. The molecule has 0 radical (unpaired) electrons.